The van der Waals surface area contributed by atoms with Crippen molar-refractivity contribution < 1.29 is 15.0 Å². The molecule has 2 N–H and O–H groups in total. The summed E-state index contributed by atoms with van der Waals surface area (Å²) in [5, 5.41) is 9.29. The fourth-order valence-electron chi connectivity index (χ4n) is 5.73. The van der Waals surface area contributed by atoms with E-state index in [0.29, 0.717) is 31.2 Å². The standard InChI is InChI=1S/C25H28N4O2/c1-3-30-22-6-7-24(10-16(22)2)11-19-5-4-18(20-8-17(12-26)13-28-14-20)9-21(19)25(24)15-31-23(27)29-25/h4-5,8-9,13-14,16,22H,3,6-7,10-11,15H2,1-2H3,(H2,27,29)/t16-,22-,24-,25-/m0/s1/i3D2,15D2. The van der Waals surface area contributed by atoms with Crippen LogP contribution in [-0.2, 0) is 21.4 Å². The molecular formula is C25H28N4O2. The minimum Gasteiger partial charge on any atom is -0.462 e. The Bertz CT molecular complexity index is 1250. The largest absolute Gasteiger partial charge is 0.462 e. The number of hydrogen-bond donors (Lipinski definition) is 1. The maximum Gasteiger partial charge on any atom is 0.283 e. The van der Waals surface area contributed by atoms with Gasteiger partial charge in [-0.1, -0.05) is 19.1 Å². The highest BCUT2D eigenvalue weighted by molar-refractivity contribution is 5.76. The van der Waals surface area contributed by atoms with Gasteiger partial charge < -0.3 is 15.2 Å². The molecule has 1 aromatic heterocycles. The van der Waals surface area contributed by atoms with Gasteiger partial charge in [-0.05, 0) is 67.3 Å². The fourth-order valence-corrected chi connectivity index (χ4v) is 5.73. The van der Waals surface area contributed by atoms with Gasteiger partial charge in [0.2, 0.25) is 0 Å². The molecule has 0 saturated heterocycles. The Hall–Kier alpha value is -2.91. The highest BCUT2D eigenvalue weighted by Gasteiger charge is 2.62. The summed E-state index contributed by atoms with van der Waals surface area (Å²) in [5.74, 6) is -0.0197. The molecule has 1 aliphatic heterocycles. The zero-order valence-electron chi connectivity index (χ0n) is 21.7. The highest BCUT2D eigenvalue weighted by atomic mass is 16.5. The van der Waals surface area contributed by atoms with Crippen LogP contribution < -0.4 is 5.73 Å². The van der Waals surface area contributed by atoms with Gasteiger partial charge in [-0.3, -0.25) is 4.98 Å². The molecule has 2 spiro atoms. The molecule has 31 heavy (non-hydrogen) atoms. The van der Waals surface area contributed by atoms with Crippen molar-refractivity contribution in [2.45, 2.75) is 51.2 Å². The van der Waals surface area contributed by atoms with Crippen LogP contribution in [0, 0.1) is 22.7 Å². The van der Waals surface area contributed by atoms with E-state index in [-0.39, 0.29) is 18.0 Å². The molecule has 1 saturated carbocycles. The summed E-state index contributed by atoms with van der Waals surface area (Å²) >= 11 is 0. The number of nitrogens with two attached hydrogens (primary N) is 1. The number of aliphatic imine (C=N–C) groups is 1. The lowest BCUT2D eigenvalue weighted by atomic mass is 9.59. The molecule has 0 unspecified atom stereocenters. The quantitative estimate of drug-likeness (QED) is 0.812. The van der Waals surface area contributed by atoms with Gasteiger partial charge >= 0.3 is 0 Å². The fraction of sp³-hybridized carbons (Fsp3) is 0.480. The van der Waals surface area contributed by atoms with Crippen LogP contribution in [0.4, 0.5) is 0 Å². The average molecular weight is 421 g/mol. The van der Waals surface area contributed by atoms with Gasteiger partial charge in [-0.15, -0.1) is 0 Å². The number of aromatic nitrogens is 1. The van der Waals surface area contributed by atoms with Crippen LogP contribution in [-0.4, -0.2) is 30.2 Å². The van der Waals surface area contributed by atoms with Gasteiger partial charge in [0.15, 0.2) is 0 Å². The van der Waals surface area contributed by atoms with Gasteiger partial charge in [0.1, 0.15) is 18.2 Å². The number of pyridine rings is 1. The Morgan fingerprint density at radius 3 is 2.97 bits per heavy atom. The summed E-state index contributed by atoms with van der Waals surface area (Å²) in [4.78, 5) is 8.88. The zero-order valence-corrected chi connectivity index (χ0v) is 17.7. The lowest BCUT2D eigenvalue weighted by molar-refractivity contribution is -0.0588. The topological polar surface area (TPSA) is 93.5 Å². The SMILES string of the molecule is [2H]C([2H])(C)O[C@H]1CC[C@@]2(Cc3ccc(-c4cncc(C#N)c4)cc3[C@]23N=C(N)OC3([2H])[2H])C[C@@H]1C. The molecule has 2 aromatic rings. The third kappa shape index (κ3) is 3.02. The molecular weight excluding hydrogens is 388 g/mol. The molecule has 2 aliphatic carbocycles. The molecule has 0 amide bonds. The van der Waals surface area contributed by atoms with Gasteiger partial charge in [-0.25, -0.2) is 4.99 Å². The van der Waals surface area contributed by atoms with Gasteiger partial charge in [-0.2, -0.15) is 5.26 Å². The third-order valence-corrected chi connectivity index (χ3v) is 7.10. The van der Waals surface area contributed by atoms with Crippen molar-refractivity contribution in [3.8, 4) is 17.2 Å². The molecule has 5 rings (SSSR count). The monoisotopic (exact) mass is 420 g/mol. The van der Waals surface area contributed by atoms with E-state index in [0.717, 1.165) is 22.3 Å². The van der Waals surface area contributed by atoms with Crippen molar-refractivity contribution in [2.24, 2.45) is 22.1 Å². The Morgan fingerprint density at radius 2 is 2.26 bits per heavy atom. The molecule has 4 atom stereocenters. The highest BCUT2D eigenvalue weighted by Crippen LogP contribution is 2.62. The molecule has 160 valence electrons. The third-order valence-electron chi connectivity index (χ3n) is 7.10. The second-order valence-corrected chi connectivity index (χ2v) is 8.85. The number of hydrogen-bond acceptors (Lipinski definition) is 6. The van der Waals surface area contributed by atoms with Crippen LogP contribution in [0.3, 0.4) is 0 Å². The first-order valence-electron chi connectivity index (χ1n) is 12.6. The summed E-state index contributed by atoms with van der Waals surface area (Å²) in [7, 11) is 0. The maximum absolute atomic E-state index is 9.29. The molecule has 2 heterocycles. The summed E-state index contributed by atoms with van der Waals surface area (Å²) in [6.07, 6.45) is 5.27. The van der Waals surface area contributed by atoms with E-state index in [1.54, 1.807) is 12.3 Å². The first-order valence-corrected chi connectivity index (χ1v) is 10.6. The van der Waals surface area contributed by atoms with Crippen LogP contribution in [0.2, 0.25) is 0 Å². The predicted molar refractivity (Wildman–Crippen MR) is 118 cm³/mol. The van der Waals surface area contributed by atoms with Crippen LogP contribution in [0.1, 0.15) is 55.3 Å². The number of ether oxygens (including phenoxy) is 2. The van der Waals surface area contributed by atoms with Crippen molar-refractivity contribution in [3.63, 3.8) is 0 Å². The number of nitriles is 1. The number of fused-ring (bicyclic) bond motifs is 3. The average Bonchev–Trinajstić information content (AvgIpc) is 3.19. The van der Waals surface area contributed by atoms with Crippen LogP contribution >= 0.6 is 0 Å². The summed E-state index contributed by atoms with van der Waals surface area (Å²) < 4.78 is 44.8. The van der Waals surface area contributed by atoms with Crippen molar-refractivity contribution in [1.82, 2.24) is 4.98 Å². The van der Waals surface area contributed by atoms with Gasteiger partial charge in [0.05, 0.1) is 17.2 Å². The lowest BCUT2D eigenvalue weighted by Crippen LogP contribution is -2.48. The number of benzene rings is 1. The van der Waals surface area contributed by atoms with Gasteiger partial charge in [0.25, 0.3) is 6.02 Å². The van der Waals surface area contributed by atoms with E-state index < -0.39 is 24.1 Å². The smallest absolute Gasteiger partial charge is 0.283 e. The van der Waals surface area contributed by atoms with Crippen LogP contribution in [0.25, 0.3) is 11.1 Å². The van der Waals surface area contributed by atoms with E-state index in [4.69, 9.17) is 25.7 Å². The van der Waals surface area contributed by atoms with Gasteiger partial charge in [0, 0.05) is 29.9 Å². The molecule has 1 fully saturated rings. The summed E-state index contributed by atoms with van der Waals surface area (Å²) in [5.41, 5.74) is 7.80. The van der Waals surface area contributed by atoms with Crippen molar-refractivity contribution in [3.05, 3.63) is 53.3 Å². The number of nitrogens with zero attached hydrogens (tertiary/aromatic N) is 3. The summed E-state index contributed by atoms with van der Waals surface area (Å²) in [6.45, 7) is -0.477. The normalized spacial score (nSPS) is 35.3. The number of rotatable bonds is 3. The Kier molecular flexibility index (Phi) is 3.75. The molecule has 3 aliphatic rings. The van der Waals surface area contributed by atoms with Crippen molar-refractivity contribution in [2.75, 3.05) is 13.1 Å². The minimum atomic E-state index is -2.17. The Morgan fingerprint density at radius 1 is 1.39 bits per heavy atom. The Labute approximate surface area is 188 Å². The zero-order chi connectivity index (χ0) is 25.2. The Balaban J connectivity index is 1.62. The van der Waals surface area contributed by atoms with E-state index in [1.807, 2.05) is 25.1 Å². The second kappa shape index (κ2) is 7.35. The molecule has 0 bridgehead atoms. The van der Waals surface area contributed by atoms with Crippen LogP contribution in [0.5, 0.6) is 0 Å². The molecule has 6 heteroatoms. The molecule has 6 nitrogen and oxygen atoms in total. The molecule has 1 aromatic carbocycles. The first-order chi connectivity index (χ1) is 16.4. The second-order valence-electron chi connectivity index (χ2n) is 8.85. The van der Waals surface area contributed by atoms with E-state index in [1.165, 1.54) is 13.1 Å². The van der Waals surface area contributed by atoms with E-state index >= 15 is 0 Å². The van der Waals surface area contributed by atoms with Crippen molar-refractivity contribution in [1.29, 1.82) is 5.26 Å². The van der Waals surface area contributed by atoms with E-state index in [2.05, 4.69) is 11.1 Å². The maximum atomic E-state index is 9.29. The predicted octanol–water partition coefficient (Wildman–Crippen LogP) is 3.93. The minimum absolute atomic E-state index is 0.0197. The number of amidine groups is 1. The van der Waals surface area contributed by atoms with Crippen molar-refractivity contribution >= 4 is 6.02 Å². The van der Waals surface area contributed by atoms with E-state index in [9.17, 15) is 5.26 Å². The first kappa shape index (κ1) is 15.8. The van der Waals surface area contributed by atoms with Crippen LogP contribution in [0.15, 0.2) is 41.7 Å². The summed E-state index contributed by atoms with van der Waals surface area (Å²) in [6, 6.07) is 9.59. The lowest BCUT2D eigenvalue weighted by Gasteiger charge is -2.48. The molecule has 0 radical (unpaired) electrons.